The van der Waals surface area contributed by atoms with E-state index in [1.165, 1.54) is 0 Å². The van der Waals surface area contributed by atoms with Crippen LogP contribution >= 0.6 is 0 Å². The summed E-state index contributed by atoms with van der Waals surface area (Å²) >= 11 is 0. The van der Waals surface area contributed by atoms with Crippen molar-refractivity contribution < 1.29 is 19.4 Å². The van der Waals surface area contributed by atoms with Crippen LogP contribution in [0, 0.1) is 0 Å². The predicted molar refractivity (Wildman–Crippen MR) is 93.2 cm³/mol. The second-order valence-corrected chi connectivity index (χ2v) is 5.91. The Balaban J connectivity index is 2.09. The Morgan fingerprint density at radius 3 is 2.33 bits per heavy atom. The van der Waals surface area contributed by atoms with Gasteiger partial charge in [0, 0.05) is 12.8 Å². The van der Waals surface area contributed by atoms with Crippen LogP contribution in [0.25, 0.3) is 0 Å². The molecule has 0 bridgehead atoms. The van der Waals surface area contributed by atoms with Crippen LogP contribution in [0.4, 0.5) is 0 Å². The number of aliphatic hydroxyl groups excluding tert-OH is 1. The average Bonchev–Trinajstić information content (AvgIpc) is 2.61. The van der Waals surface area contributed by atoms with Crippen molar-refractivity contribution in [2.24, 2.45) is 0 Å². The first-order valence-corrected chi connectivity index (χ1v) is 8.02. The van der Waals surface area contributed by atoms with Crippen molar-refractivity contribution in [1.82, 2.24) is 0 Å². The van der Waals surface area contributed by atoms with Crippen LogP contribution in [0.15, 0.2) is 54.6 Å². The SMILES string of the molecule is COc1ccc(CC(=O)CC(C)(OCCO)c2ccccc2)cc1. The van der Waals surface area contributed by atoms with E-state index in [4.69, 9.17) is 14.6 Å². The zero-order chi connectivity index (χ0) is 17.4. The van der Waals surface area contributed by atoms with E-state index in [-0.39, 0.29) is 25.4 Å². The number of aliphatic hydroxyl groups is 1. The molecule has 2 rings (SSSR count). The largest absolute Gasteiger partial charge is 0.497 e. The molecule has 0 fully saturated rings. The molecule has 2 aromatic rings. The van der Waals surface area contributed by atoms with E-state index in [0.717, 1.165) is 16.9 Å². The lowest BCUT2D eigenvalue weighted by Gasteiger charge is -2.30. The third kappa shape index (κ3) is 4.91. The number of hydrogen-bond acceptors (Lipinski definition) is 4. The highest BCUT2D eigenvalue weighted by molar-refractivity contribution is 5.82. The van der Waals surface area contributed by atoms with Crippen molar-refractivity contribution in [3.05, 3.63) is 65.7 Å². The molecule has 128 valence electrons. The van der Waals surface area contributed by atoms with Gasteiger partial charge in [0.2, 0.25) is 0 Å². The molecule has 0 radical (unpaired) electrons. The molecule has 0 amide bonds. The first-order valence-electron chi connectivity index (χ1n) is 8.02. The number of methoxy groups -OCH3 is 1. The molecule has 0 heterocycles. The first-order chi connectivity index (χ1) is 11.6. The summed E-state index contributed by atoms with van der Waals surface area (Å²) in [6.07, 6.45) is 0.595. The van der Waals surface area contributed by atoms with Gasteiger partial charge in [0.05, 0.1) is 25.9 Å². The number of benzene rings is 2. The zero-order valence-electron chi connectivity index (χ0n) is 14.2. The molecule has 0 aliphatic rings. The summed E-state index contributed by atoms with van der Waals surface area (Å²) in [6.45, 7) is 2.01. The third-order valence-electron chi connectivity index (χ3n) is 3.99. The molecule has 1 unspecified atom stereocenters. The summed E-state index contributed by atoms with van der Waals surface area (Å²) in [5.74, 6) is 0.857. The summed E-state index contributed by atoms with van der Waals surface area (Å²) in [5, 5.41) is 9.07. The zero-order valence-corrected chi connectivity index (χ0v) is 14.2. The summed E-state index contributed by atoms with van der Waals surface area (Å²) in [5.41, 5.74) is 1.13. The lowest BCUT2D eigenvalue weighted by Crippen LogP contribution is -2.31. The fourth-order valence-corrected chi connectivity index (χ4v) is 2.71. The number of ketones is 1. The van der Waals surface area contributed by atoms with E-state index in [9.17, 15) is 4.79 Å². The van der Waals surface area contributed by atoms with Gasteiger partial charge in [-0.1, -0.05) is 42.5 Å². The van der Waals surface area contributed by atoms with E-state index in [1.54, 1.807) is 7.11 Å². The van der Waals surface area contributed by atoms with Gasteiger partial charge in [-0.2, -0.15) is 0 Å². The van der Waals surface area contributed by atoms with Crippen molar-refractivity contribution in [3.63, 3.8) is 0 Å². The minimum Gasteiger partial charge on any atom is -0.497 e. The number of rotatable bonds is 9. The Morgan fingerprint density at radius 2 is 1.75 bits per heavy atom. The van der Waals surface area contributed by atoms with Gasteiger partial charge in [-0.05, 0) is 30.2 Å². The molecule has 0 aromatic heterocycles. The maximum Gasteiger partial charge on any atom is 0.140 e. The van der Waals surface area contributed by atoms with Crippen LogP contribution in [0.1, 0.15) is 24.5 Å². The van der Waals surface area contributed by atoms with Gasteiger partial charge in [-0.15, -0.1) is 0 Å². The van der Waals surface area contributed by atoms with Crippen molar-refractivity contribution in [1.29, 1.82) is 0 Å². The molecular weight excluding hydrogens is 304 g/mol. The molecule has 1 atom stereocenters. The molecule has 2 aromatic carbocycles. The molecule has 24 heavy (non-hydrogen) atoms. The van der Waals surface area contributed by atoms with E-state index in [0.29, 0.717) is 6.42 Å². The minimum absolute atomic E-state index is 0.0743. The molecule has 1 N–H and O–H groups in total. The molecular formula is C20H24O4. The predicted octanol–water partition coefficient (Wildman–Crippen LogP) is 3.12. The third-order valence-corrected chi connectivity index (χ3v) is 3.99. The highest BCUT2D eigenvalue weighted by Gasteiger charge is 2.30. The van der Waals surface area contributed by atoms with E-state index < -0.39 is 5.60 Å². The van der Waals surface area contributed by atoms with Crippen LogP contribution in [0.2, 0.25) is 0 Å². The second kappa shape index (κ2) is 8.62. The highest BCUT2D eigenvalue weighted by atomic mass is 16.5. The summed E-state index contributed by atoms with van der Waals surface area (Å²) in [7, 11) is 1.62. The molecule has 0 saturated heterocycles. The van der Waals surface area contributed by atoms with Crippen LogP contribution < -0.4 is 4.74 Å². The fourth-order valence-electron chi connectivity index (χ4n) is 2.71. The molecule has 4 nitrogen and oxygen atoms in total. The van der Waals surface area contributed by atoms with Gasteiger partial charge in [0.1, 0.15) is 11.5 Å². The lowest BCUT2D eigenvalue weighted by molar-refractivity contribution is -0.127. The normalized spacial score (nSPS) is 13.3. The van der Waals surface area contributed by atoms with Crippen LogP contribution in [0.5, 0.6) is 5.75 Å². The molecule has 0 aliphatic heterocycles. The van der Waals surface area contributed by atoms with Gasteiger partial charge in [-0.3, -0.25) is 4.79 Å². The number of ether oxygens (including phenoxy) is 2. The molecule has 4 heteroatoms. The first kappa shape index (κ1) is 18.2. The quantitative estimate of drug-likeness (QED) is 0.768. The lowest BCUT2D eigenvalue weighted by atomic mass is 9.88. The van der Waals surface area contributed by atoms with Gasteiger partial charge in [-0.25, -0.2) is 0 Å². The molecule has 0 saturated carbocycles. The minimum atomic E-state index is -0.743. The Kier molecular flexibility index (Phi) is 6.53. The van der Waals surface area contributed by atoms with Crippen molar-refractivity contribution >= 4 is 5.78 Å². The molecule has 0 spiro atoms. The van der Waals surface area contributed by atoms with Gasteiger partial charge in [0.25, 0.3) is 0 Å². The maximum absolute atomic E-state index is 12.5. The van der Waals surface area contributed by atoms with Crippen molar-refractivity contribution in [2.75, 3.05) is 20.3 Å². The average molecular weight is 328 g/mol. The van der Waals surface area contributed by atoms with Crippen molar-refractivity contribution in [2.45, 2.75) is 25.4 Å². The second-order valence-electron chi connectivity index (χ2n) is 5.91. The highest BCUT2D eigenvalue weighted by Crippen LogP contribution is 2.30. The van der Waals surface area contributed by atoms with E-state index >= 15 is 0 Å². The van der Waals surface area contributed by atoms with Gasteiger partial charge < -0.3 is 14.6 Å². The summed E-state index contributed by atoms with van der Waals surface area (Å²) < 4.78 is 10.9. The van der Waals surface area contributed by atoms with E-state index in [2.05, 4.69) is 0 Å². The Labute approximate surface area is 143 Å². The summed E-state index contributed by atoms with van der Waals surface area (Å²) in [4.78, 5) is 12.5. The number of carbonyl (C=O) groups excluding carboxylic acids is 1. The Hall–Kier alpha value is -2.17. The number of carbonyl (C=O) groups is 1. The topological polar surface area (TPSA) is 55.8 Å². The Morgan fingerprint density at radius 1 is 1.08 bits per heavy atom. The molecule has 0 aliphatic carbocycles. The monoisotopic (exact) mass is 328 g/mol. The van der Waals surface area contributed by atoms with Crippen LogP contribution in [-0.2, 0) is 21.6 Å². The van der Waals surface area contributed by atoms with Crippen LogP contribution in [0.3, 0.4) is 0 Å². The number of Topliss-reactive ketones (excluding diaryl/α,β-unsaturated/α-hetero) is 1. The maximum atomic E-state index is 12.5. The number of hydrogen-bond donors (Lipinski definition) is 1. The van der Waals surface area contributed by atoms with Gasteiger partial charge >= 0.3 is 0 Å². The van der Waals surface area contributed by atoms with Crippen LogP contribution in [-0.4, -0.2) is 31.2 Å². The van der Waals surface area contributed by atoms with Gasteiger partial charge in [0.15, 0.2) is 0 Å². The standard InChI is InChI=1S/C20H24O4/c1-20(24-13-12-21,17-6-4-3-5-7-17)15-18(22)14-16-8-10-19(23-2)11-9-16/h3-11,21H,12-15H2,1-2H3. The van der Waals surface area contributed by atoms with Crippen molar-refractivity contribution in [3.8, 4) is 5.75 Å². The van der Waals surface area contributed by atoms with E-state index in [1.807, 2.05) is 61.5 Å². The Bertz CT molecular complexity index is 636. The fraction of sp³-hybridized carbons (Fsp3) is 0.350. The summed E-state index contributed by atoms with van der Waals surface area (Å²) in [6, 6.07) is 17.1. The smallest absolute Gasteiger partial charge is 0.140 e.